The molecule has 1 aromatic rings. The largest absolute Gasteiger partial charge is 0.349 e. The predicted molar refractivity (Wildman–Crippen MR) is 80.0 cm³/mol. The average Bonchev–Trinajstić information content (AvgIpc) is 2.86. The predicted octanol–water partition coefficient (Wildman–Crippen LogP) is 2.94. The molecule has 3 nitrogen and oxygen atoms in total. The van der Waals surface area contributed by atoms with Crippen molar-refractivity contribution in [2.24, 2.45) is 17.6 Å². The lowest BCUT2D eigenvalue weighted by Gasteiger charge is -2.21. The summed E-state index contributed by atoms with van der Waals surface area (Å²) < 4.78 is 26.5. The highest BCUT2D eigenvalue weighted by atomic mass is 35.5. The minimum Gasteiger partial charge on any atom is -0.349 e. The molecule has 1 saturated carbocycles. The maximum atomic E-state index is 13.7. The second-order valence-electron chi connectivity index (χ2n) is 5.43. The Morgan fingerprint density at radius 1 is 1.43 bits per heavy atom. The first kappa shape index (κ1) is 17.9. The van der Waals surface area contributed by atoms with Gasteiger partial charge in [-0.1, -0.05) is 12.5 Å². The second kappa shape index (κ2) is 7.71. The number of amides is 1. The number of nitrogens with two attached hydrogens (primary N) is 1. The molecule has 1 aliphatic rings. The van der Waals surface area contributed by atoms with Gasteiger partial charge >= 0.3 is 0 Å². The van der Waals surface area contributed by atoms with Gasteiger partial charge in [-0.25, -0.2) is 8.78 Å². The number of carbonyl (C=O) groups excluding carboxylic acids is 1. The highest BCUT2D eigenvalue weighted by Crippen LogP contribution is 2.31. The molecule has 1 aromatic carbocycles. The number of rotatable bonds is 4. The Hall–Kier alpha value is -1.20. The van der Waals surface area contributed by atoms with Crippen LogP contribution in [0.5, 0.6) is 0 Å². The van der Waals surface area contributed by atoms with Crippen molar-refractivity contribution in [3.8, 4) is 0 Å². The van der Waals surface area contributed by atoms with Gasteiger partial charge in [-0.05, 0) is 38.3 Å². The lowest BCUT2D eigenvalue weighted by molar-refractivity contribution is -0.126. The molecule has 1 fully saturated rings. The average molecular weight is 319 g/mol. The molecule has 0 saturated heterocycles. The van der Waals surface area contributed by atoms with E-state index in [0.29, 0.717) is 12.1 Å². The molecule has 0 aliphatic heterocycles. The summed E-state index contributed by atoms with van der Waals surface area (Å²) in [6.07, 6.45) is 2.79. The van der Waals surface area contributed by atoms with Crippen molar-refractivity contribution in [2.45, 2.75) is 32.2 Å². The number of hydrogen-bond donors (Lipinski definition) is 2. The van der Waals surface area contributed by atoms with E-state index in [4.69, 9.17) is 5.73 Å². The van der Waals surface area contributed by atoms with Gasteiger partial charge in [-0.2, -0.15) is 0 Å². The van der Waals surface area contributed by atoms with Crippen LogP contribution in [0.15, 0.2) is 18.2 Å². The van der Waals surface area contributed by atoms with Gasteiger partial charge in [0, 0.05) is 17.5 Å². The molecule has 1 amide bonds. The number of carbonyl (C=O) groups is 1. The standard InChI is InChI=1S/C15H20F2N2O.ClH/c1-9(12-6-5-11(16)7-14(12)17)19-15(20)13-4-2-3-10(13)8-18;/h5-7,9-10,13H,2-4,8,18H2,1H3,(H,19,20);1H/t9-,10-,13-;/m1./s1. The molecule has 0 bridgehead atoms. The molecule has 0 heterocycles. The molecule has 0 radical (unpaired) electrons. The number of nitrogens with one attached hydrogen (secondary N) is 1. The summed E-state index contributed by atoms with van der Waals surface area (Å²) in [5, 5.41) is 2.81. The summed E-state index contributed by atoms with van der Waals surface area (Å²) in [7, 11) is 0. The van der Waals surface area contributed by atoms with Gasteiger partial charge in [-0.3, -0.25) is 4.79 Å². The molecule has 3 N–H and O–H groups in total. The Morgan fingerprint density at radius 3 is 2.76 bits per heavy atom. The second-order valence-corrected chi connectivity index (χ2v) is 5.43. The van der Waals surface area contributed by atoms with Crippen LogP contribution in [0.1, 0.15) is 37.8 Å². The van der Waals surface area contributed by atoms with E-state index in [0.717, 1.165) is 25.3 Å². The van der Waals surface area contributed by atoms with E-state index in [1.165, 1.54) is 12.1 Å². The maximum absolute atomic E-state index is 13.7. The fraction of sp³-hybridized carbons (Fsp3) is 0.533. The Kier molecular flexibility index (Phi) is 6.55. The summed E-state index contributed by atoms with van der Waals surface area (Å²) >= 11 is 0. The lowest BCUT2D eigenvalue weighted by atomic mass is 9.94. The van der Waals surface area contributed by atoms with E-state index in [-0.39, 0.29) is 30.2 Å². The van der Waals surface area contributed by atoms with Crippen molar-refractivity contribution in [1.29, 1.82) is 0 Å². The SMILES string of the molecule is C[C@@H](NC(=O)[C@@H]1CCC[C@@H]1CN)c1ccc(F)cc1F.Cl. The Labute approximate surface area is 129 Å². The highest BCUT2D eigenvalue weighted by molar-refractivity contribution is 5.85. The first-order valence-electron chi connectivity index (χ1n) is 6.98. The van der Waals surface area contributed by atoms with Gasteiger partial charge in [-0.15, -0.1) is 12.4 Å². The quantitative estimate of drug-likeness (QED) is 0.897. The van der Waals surface area contributed by atoms with Crippen LogP contribution < -0.4 is 11.1 Å². The lowest BCUT2D eigenvalue weighted by Crippen LogP contribution is -2.36. The molecular weight excluding hydrogens is 298 g/mol. The third-order valence-corrected chi connectivity index (χ3v) is 4.09. The molecule has 0 spiro atoms. The van der Waals surface area contributed by atoms with Crippen LogP contribution in [-0.2, 0) is 4.79 Å². The summed E-state index contributed by atoms with van der Waals surface area (Å²) in [5.41, 5.74) is 5.96. The Morgan fingerprint density at radius 2 is 2.14 bits per heavy atom. The van der Waals surface area contributed by atoms with Crippen LogP contribution in [0, 0.1) is 23.5 Å². The third-order valence-electron chi connectivity index (χ3n) is 4.09. The Balaban J connectivity index is 0.00000220. The normalized spacial score (nSPS) is 22.5. The van der Waals surface area contributed by atoms with E-state index < -0.39 is 17.7 Å². The molecule has 0 unspecified atom stereocenters. The summed E-state index contributed by atoms with van der Waals surface area (Å²) in [6.45, 7) is 2.19. The van der Waals surface area contributed by atoms with E-state index >= 15 is 0 Å². The van der Waals surface area contributed by atoms with Crippen LogP contribution in [-0.4, -0.2) is 12.5 Å². The zero-order chi connectivity index (χ0) is 14.7. The summed E-state index contributed by atoms with van der Waals surface area (Å²) in [4.78, 5) is 12.2. The van der Waals surface area contributed by atoms with Gasteiger partial charge in [0.2, 0.25) is 5.91 Å². The zero-order valence-electron chi connectivity index (χ0n) is 11.9. The fourth-order valence-electron chi connectivity index (χ4n) is 2.91. The van der Waals surface area contributed by atoms with Crippen molar-refractivity contribution in [1.82, 2.24) is 5.32 Å². The topological polar surface area (TPSA) is 55.1 Å². The number of halogens is 3. The molecular formula is C15H21ClF2N2O. The van der Waals surface area contributed by atoms with Gasteiger partial charge < -0.3 is 11.1 Å². The molecule has 1 aliphatic carbocycles. The molecule has 118 valence electrons. The number of hydrogen-bond acceptors (Lipinski definition) is 2. The van der Waals surface area contributed by atoms with E-state index in [9.17, 15) is 13.6 Å². The van der Waals surface area contributed by atoms with Crippen molar-refractivity contribution < 1.29 is 13.6 Å². The molecule has 3 atom stereocenters. The van der Waals surface area contributed by atoms with Crippen molar-refractivity contribution in [2.75, 3.05) is 6.54 Å². The first-order valence-corrected chi connectivity index (χ1v) is 6.98. The maximum Gasteiger partial charge on any atom is 0.223 e. The van der Waals surface area contributed by atoms with E-state index in [2.05, 4.69) is 5.32 Å². The monoisotopic (exact) mass is 318 g/mol. The van der Waals surface area contributed by atoms with Crippen LogP contribution in [0.2, 0.25) is 0 Å². The van der Waals surface area contributed by atoms with Crippen molar-refractivity contribution >= 4 is 18.3 Å². The van der Waals surface area contributed by atoms with Gasteiger partial charge in [0.25, 0.3) is 0 Å². The first-order chi connectivity index (χ1) is 9.52. The van der Waals surface area contributed by atoms with Crippen LogP contribution in [0.4, 0.5) is 8.78 Å². The fourth-order valence-corrected chi connectivity index (χ4v) is 2.91. The third kappa shape index (κ3) is 4.14. The zero-order valence-corrected chi connectivity index (χ0v) is 12.8. The van der Waals surface area contributed by atoms with Gasteiger partial charge in [0.05, 0.1) is 6.04 Å². The molecule has 0 aromatic heterocycles. The van der Waals surface area contributed by atoms with E-state index in [1.54, 1.807) is 6.92 Å². The highest BCUT2D eigenvalue weighted by Gasteiger charge is 2.32. The van der Waals surface area contributed by atoms with Crippen LogP contribution >= 0.6 is 12.4 Å². The molecule has 2 rings (SSSR count). The van der Waals surface area contributed by atoms with Crippen molar-refractivity contribution in [3.63, 3.8) is 0 Å². The van der Waals surface area contributed by atoms with Crippen LogP contribution in [0.25, 0.3) is 0 Å². The minimum atomic E-state index is -0.639. The summed E-state index contributed by atoms with van der Waals surface area (Å²) in [5.74, 6) is -1.23. The number of benzene rings is 1. The minimum absolute atomic E-state index is 0. The molecule has 6 heteroatoms. The summed E-state index contributed by atoms with van der Waals surface area (Å²) in [6, 6.07) is 2.90. The smallest absolute Gasteiger partial charge is 0.223 e. The van der Waals surface area contributed by atoms with Gasteiger partial charge in [0.15, 0.2) is 0 Å². The van der Waals surface area contributed by atoms with Crippen LogP contribution in [0.3, 0.4) is 0 Å². The molecule has 21 heavy (non-hydrogen) atoms. The van der Waals surface area contributed by atoms with Crippen molar-refractivity contribution in [3.05, 3.63) is 35.4 Å². The Bertz CT molecular complexity index is 499. The van der Waals surface area contributed by atoms with E-state index in [1.807, 2.05) is 0 Å². The van der Waals surface area contributed by atoms with Gasteiger partial charge in [0.1, 0.15) is 11.6 Å².